The van der Waals surface area contributed by atoms with Crippen LogP contribution in [0.25, 0.3) is 0 Å². The number of hydrogen-bond donors (Lipinski definition) is 0. The minimum atomic E-state index is -0.277. The van der Waals surface area contributed by atoms with Crippen molar-refractivity contribution in [2.45, 2.75) is 6.10 Å². The maximum atomic E-state index is 13.0. The molecule has 1 saturated heterocycles. The smallest absolute Gasteiger partial charge is 0.264 e. The van der Waals surface area contributed by atoms with E-state index < -0.39 is 0 Å². The molecule has 7 heteroatoms. The molecular formula is C15H12Br2FNO2S. The second kappa shape index (κ2) is 6.78. The summed E-state index contributed by atoms with van der Waals surface area (Å²) in [4.78, 5) is 15.0. The van der Waals surface area contributed by atoms with E-state index >= 15 is 0 Å². The fourth-order valence-electron chi connectivity index (χ4n) is 2.32. The van der Waals surface area contributed by atoms with Crippen molar-refractivity contribution >= 4 is 49.1 Å². The van der Waals surface area contributed by atoms with Crippen molar-refractivity contribution in [3.63, 3.8) is 0 Å². The molecule has 0 radical (unpaired) electrons. The summed E-state index contributed by atoms with van der Waals surface area (Å²) in [5.41, 5.74) is 0.882. The second-order valence-electron chi connectivity index (χ2n) is 4.89. The monoisotopic (exact) mass is 447 g/mol. The van der Waals surface area contributed by atoms with Gasteiger partial charge in [-0.1, -0.05) is 12.1 Å². The molecule has 0 spiro atoms. The Labute approximate surface area is 148 Å². The second-order valence-corrected chi connectivity index (χ2v) is 8.12. The molecule has 1 aliphatic heterocycles. The number of rotatable bonds is 2. The first-order valence-corrected chi connectivity index (χ1v) is 9.06. The quantitative estimate of drug-likeness (QED) is 0.670. The highest BCUT2D eigenvalue weighted by Crippen LogP contribution is 2.33. The summed E-state index contributed by atoms with van der Waals surface area (Å²) >= 11 is 8.20. The summed E-state index contributed by atoms with van der Waals surface area (Å²) < 4.78 is 20.5. The highest BCUT2D eigenvalue weighted by Gasteiger charge is 2.27. The topological polar surface area (TPSA) is 29.5 Å². The minimum Gasteiger partial charge on any atom is -0.370 e. The number of benzene rings is 1. The lowest BCUT2D eigenvalue weighted by atomic mass is 10.1. The van der Waals surface area contributed by atoms with E-state index in [2.05, 4.69) is 31.9 Å². The van der Waals surface area contributed by atoms with Crippen LogP contribution < -0.4 is 0 Å². The summed E-state index contributed by atoms with van der Waals surface area (Å²) in [5.74, 6) is -0.285. The van der Waals surface area contributed by atoms with E-state index in [0.717, 1.165) is 13.8 Å². The Morgan fingerprint density at radius 2 is 2.05 bits per heavy atom. The van der Waals surface area contributed by atoms with E-state index in [1.807, 2.05) is 6.07 Å². The van der Waals surface area contributed by atoms with E-state index in [1.54, 1.807) is 17.0 Å². The lowest BCUT2D eigenvalue weighted by Gasteiger charge is -2.33. The molecule has 1 aromatic heterocycles. The molecular weight excluding hydrogens is 437 g/mol. The van der Waals surface area contributed by atoms with Crippen LogP contribution in [-0.4, -0.2) is 30.5 Å². The van der Waals surface area contributed by atoms with Gasteiger partial charge in [0.25, 0.3) is 5.91 Å². The SMILES string of the molecule is O=C(c1cc(Br)c(Br)s1)N1CCO[C@H](c2ccc(F)cc2)C1. The van der Waals surface area contributed by atoms with Gasteiger partial charge < -0.3 is 9.64 Å². The van der Waals surface area contributed by atoms with Crippen molar-refractivity contribution in [2.75, 3.05) is 19.7 Å². The molecule has 3 rings (SSSR count). The van der Waals surface area contributed by atoms with Gasteiger partial charge in [-0.2, -0.15) is 0 Å². The maximum absolute atomic E-state index is 13.0. The van der Waals surface area contributed by atoms with Crippen LogP contribution in [0.5, 0.6) is 0 Å². The number of nitrogens with zero attached hydrogens (tertiary/aromatic N) is 1. The highest BCUT2D eigenvalue weighted by atomic mass is 79.9. The Morgan fingerprint density at radius 3 is 2.68 bits per heavy atom. The van der Waals surface area contributed by atoms with Gasteiger partial charge in [-0.3, -0.25) is 4.79 Å². The number of carbonyl (C=O) groups excluding carboxylic acids is 1. The third-order valence-corrected chi connectivity index (χ3v) is 6.70. The number of halogens is 3. The number of carbonyl (C=O) groups is 1. The van der Waals surface area contributed by atoms with Gasteiger partial charge in [0.15, 0.2) is 0 Å². The third kappa shape index (κ3) is 3.42. The zero-order chi connectivity index (χ0) is 15.7. The average Bonchev–Trinajstić information content (AvgIpc) is 2.87. The standard InChI is InChI=1S/C15H12Br2FNO2S/c16-11-7-13(22-14(11)17)15(20)19-5-6-21-12(8-19)9-1-3-10(18)4-2-9/h1-4,7,12H,5-6,8H2/t12-/m0/s1. The lowest BCUT2D eigenvalue weighted by molar-refractivity contribution is -0.0226. The fourth-order valence-corrected chi connectivity index (χ4v) is 4.32. The van der Waals surface area contributed by atoms with Gasteiger partial charge in [-0.25, -0.2) is 4.39 Å². The Balaban J connectivity index is 1.75. The zero-order valence-electron chi connectivity index (χ0n) is 11.4. The predicted molar refractivity (Wildman–Crippen MR) is 90.7 cm³/mol. The van der Waals surface area contributed by atoms with Crippen LogP contribution in [0.3, 0.4) is 0 Å². The van der Waals surface area contributed by atoms with Crippen LogP contribution >= 0.6 is 43.2 Å². The molecule has 0 unspecified atom stereocenters. The first kappa shape index (κ1) is 16.1. The van der Waals surface area contributed by atoms with Crippen LogP contribution in [0.15, 0.2) is 38.6 Å². The van der Waals surface area contributed by atoms with E-state index in [-0.39, 0.29) is 17.8 Å². The van der Waals surface area contributed by atoms with Crippen molar-refractivity contribution in [2.24, 2.45) is 0 Å². The largest absolute Gasteiger partial charge is 0.370 e. The van der Waals surface area contributed by atoms with Gasteiger partial charge in [-0.15, -0.1) is 11.3 Å². The van der Waals surface area contributed by atoms with Crippen LogP contribution in [0.1, 0.15) is 21.3 Å². The molecule has 0 aliphatic carbocycles. The van der Waals surface area contributed by atoms with Gasteiger partial charge in [0, 0.05) is 11.0 Å². The minimum absolute atomic E-state index is 0.00758. The van der Waals surface area contributed by atoms with E-state index in [9.17, 15) is 9.18 Å². The normalized spacial score (nSPS) is 18.5. The van der Waals surface area contributed by atoms with Gasteiger partial charge >= 0.3 is 0 Å². The molecule has 1 aliphatic rings. The summed E-state index contributed by atoms with van der Waals surface area (Å²) in [6, 6.07) is 8.04. The van der Waals surface area contributed by atoms with Crippen molar-refractivity contribution in [1.82, 2.24) is 4.90 Å². The summed E-state index contributed by atoms with van der Waals surface area (Å²) in [6.45, 7) is 1.50. The maximum Gasteiger partial charge on any atom is 0.264 e. The van der Waals surface area contributed by atoms with E-state index in [4.69, 9.17) is 4.74 Å². The molecule has 0 N–H and O–H groups in total. The van der Waals surface area contributed by atoms with E-state index in [0.29, 0.717) is 24.6 Å². The van der Waals surface area contributed by atoms with Gasteiger partial charge in [0.05, 0.1) is 21.8 Å². The molecule has 3 nitrogen and oxygen atoms in total. The zero-order valence-corrected chi connectivity index (χ0v) is 15.4. The molecule has 1 fully saturated rings. The summed E-state index contributed by atoms with van der Waals surface area (Å²) in [6.07, 6.45) is -0.217. The molecule has 116 valence electrons. The van der Waals surface area contributed by atoms with Gasteiger partial charge in [0.2, 0.25) is 0 Å². The Hall–Kier alpha value is -0.760. The average molecular weight is 449 g/mol. The first-order chi connectivity index (χ1) is 10.5. The Kier molecular flexibility index (Phi) is 4.97. The number of hydrogen-bond acceptors (Lipinski definition) is 3. The highest BCUT2D eigenvalue weighted by molar-refractivity contribution is 9.13. The molecule has 1 amide bonds. The molecule has 1 aromatic carbocycles. The number of thiophene rings is 1. The lowest BCUT2D eigenvalue weighted by Crippen LogP contribution is -2.42. The van der Waals surface area contributed by atoms with Crippen LogP contribution in [-0.2, 0) is 4.74 Å². The van der Waals surface area contributed by atoms with Crippen molar-refractivity contribution in [3.05, 3.63) is 54.8 Å². The summed E-state index contributed by atoms with van der Waals surface area (Å²) in [5, 5.41) is 0. The molecule has 2 aromatic rings. The van der Waals surface area contributed by atoms with Crippen molar-refractivity contribution in [3.8, 4) is 0 Å². The van der Waals surface area contributed by atoms with Gasteiger partial charge in [0.1, 0.15) is 11.9 Å². The fraction of sp³-hybridized carbons (Fsp3) is 0.267. The molecule has 0 saturated carbocycles. The molecule has 0 bridgehead atoms. The van der Waals surface area contributed by atoms with Gasteiger partial charge in [-0.05, 0) is 55.6 Å². The number of morpholine rings is 1. The summed E-state index contributed by atoms with van der Waals surface area (Å²) in [7, 11) is 0. The van der Waals surface area contributed by atoms with E-state index in [1.165, 1.54) is 23.5 Å². The van der Waals surface area contributed by atoms with Crippen molar-refractivity contribution in [1.29, 1.82) is 0 Å². The molecule has 1 atom stereocenters. The van der Waals surface area contributed by atoms with Crippen LogP contribution in [0.4, 0.5) is 4.39 Å². The predicted octanol–water partition coefficient (Wildman–Crippen LogP) is 4.63. The Bertz CT molecular complexity index is 670. The van der Waals surface area contributed by atoms with Crippen LogP contribution in [0.2, 0.25) is 0 Å². The number of amides is 1. The first-order valence-electron chi connectivity index (χ1n) is 6.66. The molecule has 22 heavy (non-hydrogen) atoms. The Morgan fingerprint density at radius 1 is 1.32 bits per heavy atom. The van der Waals surface area contributed by atoms with Crippen molar-refractivity contribution < 1.29 is 13.9 Å². The van der Waals surface area contributed by atoms with Crippen LogP contribution in [0, 0.1) is 5.82 Å². The molecule has 2 heterocycles. The number of ether oxygens (including phenoxy) is 1. The third-order valence-electron chi connectivity index (χ3n) is 3.45.